The molecule has 0 bridgehead atoms. The molecular formula is C14H19NO2. The zero-order valence-electron chi connectivity index (χ0n) is 10.4. The minimum absolute atomic E-state index is 0.0151. The predicted octanol–water partition coefficient (Wildman–Crippen LogP) is 2.77. The molecule has 1 aromatic carbocycles. The van der Waals surface area contributed by atoms with E-state index in [1.54, 1.807) is 0 Å². The van der Waals surface area contributed by atoms with Gasteiger partial charge < -0.3 is 4.84 Å². The first kappa shape index (κ1) is 12.1. The minimum atomic E-state index is -0.0978. The minimum Gasteiger partial charge on any atom is -0.367 e. The van der Waals surface area contributed by atoms with Gasteiger partial charge in [0.2, 0.25) is 0 Å². The Kier molecular flexibility index (Phi) is 3.79. The van der Waals surface area contributed by atoms with Gasteiger partial charge in [-0.15, -0.1) is 5.06 Å². The standard InChI is InChI=1S/C14H19NO2/c1-3-7-13-11(2)14(16)17-15(13)10-12-8-5-4-6-9-12/h4-6,8-9,11,13H,3,7,10H2,1-2H3/t11-,13-/m0/s1. The van der Waals surface area contributed by atoms with Gasteiger partial charge in [0.1, 0.15) is 0 Å². The predicted molar refractivity (Wildman–Crippen MR) is 65.9 cm³/mol. The first-order valence-electron chi connectivity index (χ1n) is 6.24. The fourth-order valence-corrected chi connectivity index (χ4v) is 2.28. The van der Waals surface area contributed by atoms with Crippen molar-refractivity contribution in [3.8, 4) is 0 Å². The van der Waals surface area contributed by atoms with Crippen LogP contribution in [0.15, 0.2) is 30.3 Å². The molecule has 0 aromatic heterocycles. The molecule has 1 heterocycles. The Hall–Kier alpha value is -1.35. The van der Waals surface area contributed by atoms with E-state index in [-0.39, 0.29) is 17.9 Å². The topological polar surface area (TPSA) is 29.5 Å². The smallest absolute Gasteiger partial charge is 0.329 e. The van der Waals surface area contributed by atoms with Gasteiger partial charge in [0.25, 0.3) is 0 Å². The Balaban J connectivity index is 2.07. The van der Waals surface area contributed by atoms with Crippen LogP contribution in [0.25, 0.3) is 0 Å². The van der Waals surface area contributed by atoms with Crippen LogP contribution in [0, 0.1) is 5.92 Å². The molecule has 2 atom stereocenters. The molecule has 0 radical (unpaired) electrons. The highest BCUT2D eigenvalue weighted by molar-refractivity contribution is 5.74. The van der Waals surface area contributed by atoms with Crippen molar-refractivity contribution in [2.24, 2.45) is 5.92 Å². The summed E-state index contributed by atoms with van der Waals surface area (Å²) in [5.41, 5.74) is 1.18. The van der Waals surface area contributed by atoms with Gasteiger partial charge in [-0.3, -0.25) is 0 Å². The summed E-state index contributed by atoms with van der Waals surface area (Å²) in [5, 5.41) is 1.84. The van der Waals surface area contributed by atoms with Crippen LogP contribution < -0.4 is 0 Å². The number of carbonyl (C=O) groups is 1. The van der Waals surface area contributed by atoms with E-state index >= 15 is 0 Å². The van der Waals surface area contributed by atoms with Gasteiger partial charge in [0.15, 0.2) is 0 Å². The van der Waals surface area contributed by atoms with Gasteiger partial charge in [-0.1, -0.05) is 50.6 Å². The monoisotopic (exact) mass is 233 g/mol. The van der Waals surface area contributed by atoms with Crippen LogP contribution in [0.5, 0.6) is 0 Å². The Bertz CT molecular complexity index is 377. The SMILES string of the molecule is CCC[C@H]1[C@H](C)C(=O)ON1Cc1ccccc1. The molecule has 3 heteroatoms. The highest BCUT2D eigenvalue weighted by Crippen LogP contribution is 2.27. The van der Waals surface area contributed by atoms with Crippen molar-refractivity contribution in [1.29, 1.82) is 0 Å². The molecule has 0 amide bonds. The van der Waals surface area contributed by atoms with E-state index in [1.807, 2.05) is 30.2 Å². The highest BCUT2D eigenvalue weighted by Gasteiger charge is 2.39. The third kappa shape index (κ3) is 2.67. The second-order valence-corrected chi connectivity index (χ2v) is 4.62. The van der Waals surface area contributed by atoms with E-state index in [0.29, 0.717) is 6.54 Å². The summed E-state index contributed by atoms with van der Waals surface area (Å²) in [6.07, 6.45) is 2.07. The lowest BCUT2D eigenvalue weighted by molar-refractivity contribution is -0.178. The molecule has 92 valence electrons. The van der Waals surface area contributed by atoms with Gasteiger partial charge in [-0.05, 0) is 12.0 Å². The molecule has 1 aliphatic rings. The molecular weight excluding hydrogens is 214 g/mol. The maximum atomic E-state index is 11.6. The Morgan fingerprint density at radius 2 is 2.00 bits per heavy atom. The Morgan fingerprint density at radius 1 is 1.29 bits per heavy atom. The van der Waals surface area contributed by atoms with Crippen molar-refractivity contribution < 1.29 is 9.63 Å². The van der Waals surface area contributed by atoms with E-state index < -0.39 is 0 Å². The zero-order valence-corrected chi connectivity index (χ0v) is 10.4. The van der Waals surface area contributed by atoms with E-state index in [0.717, 1.165) is 12.8 Å². The fourth-order valence-electron chi connectivity index (χ4n) is 2.28. The summed E-state index contributed by atoms with van der Waals surface area (Å²) in [6, 6.07) is 10.3. The van der Waals surface area contributed by atoms with Gasteiger partial charge in [-0.2, -0.15) is 0 Å². The molecule has 0 saturated carbocycles. The molecule has 17 heavy (non-hydrogen) atoms. The van der Waals surface area contributed by atoms with Crippen LogP contribution in [-0.2, 0) is 16.2 Å². The van der Waals surface area contributed by atoms with Crippen LogP contribution in [0.1, 0.15) is 32.3 Å². The van der Waals surface area contributed by atoms with Gasteiger partial charge in [0, 0.05) is 0 Å². The average Bonchev–Trinajstić information content (AvgIpc) is 2.59. The maximum absolute atomic E-state index is 11.6. The number of rotatable bonds is 4. The molecule has 0 N–H and O–H groups in total. The van der Waals surface area contributed by atoms with Gasteiger partial charge in [-0.25, -0.2) is 4.79 Å². The first-order chi connectivity index (χ1) is 8.22. The number of carbonyl (C=O) groups excluding carboxylic acids is 1. The molecule has 0 unspecified atom stereocenters. The van der Waals surface area contributed by atoms with E-state index in [1.165, 1.54) is 5.56 Å². The molecule has 1 aliphatic heterocycles. The maximum Gasteiger partial charge on any atom is 0.329 e. The van der Waals surface area contributed by atoms with Crippen LogP contribution in [0.2, 0.25) is 0 Å². The van der Waals surface area contributed by atoms with Crippen molar-refractivity contribution in [2.45, 2.75) is 39.3 Å². The summed E-state index contributed by atoms with van der Waals surface area (Å²) in [4.78, 5) is 16.9. The molecule has 0 aliphatic carbocycles. The molecule has 1 fully saturated rings. The number of hydroxylamine groups is 2. The largest absolute Gasteiger partial charge is 0.367 e. The zero-order chi connectivity index (χ0) is 12.3. The van der Waals surface area contributed by atoms with Crippen molar-refractivity contribution in [3.05, 3.63) is 35.9 Å². The van der Waals surface area contributed by atoms with Crippen LogP contribution in [0.4, 0.5) is 0 Å². The lowest BCUT2D eigenvalue weighted by Gasteiger charge is -2.22. The molecule has 1 saturated heterocycles. The van der Waals surface area contributed by atoms with E-state index in [4.69, 9.17) is 4.84 Å². The fraction of sp³-hybridized carbons (Fsp3) is 0.500. The van der Waals surface area contributed by atoms with E-state index in [9.17, 15) is 4.79 Å². The molecule has 3 nitrogen and oxygen atoms in total. The summed E-state index contributed by atoms with van der Waals surface area (Å²) in [7, 11) is 0. The number of benzene rings is 1. The second-order valence-electron chi connectivity index (χ2n) is 4.62. The molecule has 1 aromatic rings. The third-order valence-electron chi connectivity index (χ3n) is 3.29. The van der Waals surface area contributed by atoms with E-state index in [2.05, 4.69) is 19.1 Å². The molecule has 0 spiro atoms. The Morgan fingerprint density at radius 3 is 2.65 bits per heavy atom. The highest BCUT2D eigenvalue weighted by atomic mass is 16.7. The van der Waals surface area contributed by atoms with Crippen molar-refractivity contribution in [2.75, 3.05) is 0 Å². The van der Waals surface area contributed by atoms with Crippen LogP contribution in [-0.4, -0.2) is 17.1 Å². The number of nitrogens with zero attached hydrogens (tertiary/aromatic N) is 1. The third-order valence-corrected chi connectivity index (χ3v) is 3.29. The summed E-state index contributed by atoms with van der Waals surface area (Å²) < 4.78 is 0. The lowest BCUT2D eigenvalue weighted by atomic mass is 9.98. The van der Waals surface area contributed by atoms with Gasteiger partial charge in [0.05, 0.1) is 18.5 Å². The summed E-state index contributed by atoms with van der Waals surface area (Å²) in [6.45, 7) is 4.77. The summed E-state index contributed by atoms with van der Waals surface area (Å²) in [5.74, 6) is -0.113. The second kappa shape index (κ2) is 5.32. The molecule has 2 rings (SSSR count). The Labute approximate surface area is 102 Å². The normalized spacial score (nSPS) is 24.9. The van der Waals surface area contributed by atoms with Crippen LogP contribution in [0.3, 0.4) is 0 Å². The van der Waals surface area contributed by atoms with Crippen molar-refractivity contribution in [3.63, 3.8) is 0 Å². The number of hydrogen-bond donors (Lipinski definition) is 0. The lowest BCUT2D eigenvalue weighted by Crippen LogP contribution is -2.30. The summed E-state index contributed by atoms with van der Waals surface area (Å²) >= 11 is 0. The first-order valence-corrected chi connectivity index (χ1v) is 6.24. The van der Waals surface area contributed by atoms with Crippen molar-refractivity contribution >= 4 is 5.97 Å². The quantitative estimate of drug-likeness (QED) is 0.801. The van der Waals surface area contributed by atoms with Crippen LogP contribution >= 0.6 is 0 Å². The number of hydrogen-bond acceptors (Lipinski definition) is 3. The van der Waals surface area contributed by atoms with Crippen molar-refractivity contribution in [1.82, 2.24) is 5.06 Å². The van der Waals surface area contributed by atoms with Gasteiger partial charge >= 0.3 is 5.97 Å². The average molecular weight is 233 g/mol.